The molecule has 0 aliphatic rings. The average Bonchev–Trinajstić information content (AvgIpc) is 3.28. The average molecular weight is 402 g/mol. The van der Waals surface area contributed by atoms with Crippen LogP contribution in [0.2, 0.25) is 0 Å². The standard InChI is InChI=1S/C22H12F2N4S/c23-15-4-5-16(18(24)9-15)13-3-6-19-17(8-13)21(20-11-29-12-26-20)28-22(27-19)14-2-1-7-25-10-14/h1-12H. The topological polar surface area (TPSA) is 51.6 Å². The van der Waals surface area contributed by atoms with Gasteiger partial charge in [-0.25, -0.2) is 23.7 Å². The van der Waals surface area contributed by atoms with Crippen LogP contribution in [-0.2, 0) is 0 Å². The van der Waals surface area contributed by atoms with Crippen molar-refractivity contribution in [3.63, 3.8) is 0 Å². The second-order valence-electron chi connectivity index (χ2n) is 6.37. The van der Waals surface area contributed by atoms with Crippen molar-refractivity contribution >= 4 is 22.2 Å². The van der Waals surface area contributed by atoms with Gasteiger partial charge in [-0.15, -0.1) is 11.3 Å². The van der Waals surface area contributed by atoms with Gasteiger partial charge in [-0.05, 0) is 42.0 Å². The van der Waals surface area contributed by atoms with Crippen molar-refractivity contribution in [1.29, 1.82) is 0 Å². The zero-order valence-corrected chi connectivity index (χ0v) is 15.7. The van der Waals surface area contributed by atoms with Gasteiger partial charge in [0, 0.05) is 40.4 Å². The molecule has 29 heavy (non-hydrogen) atoms. The van der Waals surface area contributed by atoms with Crippen LogP contribution >= 0.6 is 11.3 Å². The zero-order chi connectivity index (χ0) is 19.8. The molecular weight excluding hydrogens is 390 g/mol. The van der Waals surface area contributed by atoms with Gasteiger partial charge in [0.05, 0.1) is 11.0 Å². The van der Waals surface area contributed by atoms with Crippen molar-refractivity contribution in [2.24, 2.45) is 0 Å². The Morgan fingerprint density at radius 3 is 2.59 bits per heavy atom. The molecule has 5 rings (SSSR count). The first-order valence-electron chi connectivity index (χ1n) is 8.75. The van der Waals surface area contributed by atoms with Crippen LogP contribution in [0.1, 0.15) is 0 Å². The van der Waals surface area contributed by atoms with Gasteiger partial charge in [0.1, 0.15) is 23.0 Å². The number of aromatic nitrogens is 4. The smallest absolute Gasteiger partial charge is 0.162 e. The van der Waals surface area contributed by atoms with Crippen LogP contribution in [0.4, 0.5) is 8.78 Å². The minimum absolute atomic E-state index is 0.314. The summed E-state index contributed by atoms with van der Waals surface area (Å²) in [6, 6.07) is 12.7. The predicted octanol–water partition coefficient (Wildman–Crippen LogP) is 5.76. The maximum Gasteiger partial charge on any atom is 0.162 e. The lowest BCUT2D eigenvalue weighted by atomic mass is 10.0. The fraction of sp³-hybridized carbons (Fsp3) is 0. The van der Waals surface area contributed by atoms with Gasteiger partial charge in [-0.3, -0.25) is 4.98 Å². The van der Waals surface area contributed by atoms with Crippen LogP contribution in [0.15, 0.2) is 71.8 Å². The molecule has 0 N–H and O–H groups in total. The molecular formula is C22H12F2N4S. The van der Waals surface area contributed by atoms with E-state index in [1.54, 1.807) is 24.0 Å². The highest BCUT2D eigenvalue weighted by molar-refractivity contribution is 7.07. The number of rotatable bonds is 3. The number of pyridine rings is 1. The maximum absolute atomic E-state index is 14.3. The molecule has 0 spiro atoms. The van der Waals surface area contributed by atoms with Gasteiger partial charge in [0.2, 0.25) is 0 Å². The quantitative estimate of drug-likeness (QED) is 0.385. The Bertz CT molecular complexity index is 1320. The van der Waals surface area contributed by atoms with E-state index in [-0.39, 0.29) is 0 Å². The van der Waals surface area contributed by atoms with Crippen LogP contribution in [0.5, 0.6) is 0 Å². The third-order valence-corrected chi connectivity index (χ3v) is 5.12. The Labute approximate surface area is 168 Å². The SMILES string of the molecule is Fc1ccc(-c2ccc3nc(-c4cccnc4)nc(-c4cscn4)c3c2)c(F)c1. The molecule has 5 aromatic rings. The van der Waals surface area contributed by atoms with Crippen LogP contribution in [0.3, 0.4) is 0 Å². The Hall–Kier alpha value is -3.58. The summed E-state index contributed by atoms with van der Waals surface area (Å²) in [5.41, 5.74) is 5.52. The minimum Gasteiger partial charge on any atom is -0.264 e. The number of benzene rings is 2. The summed E-state index contributed by atoms with van der Waals surface area (Å²) in [7, 11) is 0. The number of nitrogens with zero attached hydrogens (tertiary/aromatic N) is 4. The number of fused-ring (bicyclic) bond motifs is 1. The fourth-order valence-electron chi connectivity index (χ4n) is 3.17. The van der Waals surface area contributed by atoms with Crippen molar-refractivity contribution in [3.05, 3.63) is 83.4 Å². The minimum atomic E-state index is -0.618. The first-order chi connectivity index (χ1) is 14.2. The lowest BCUT2D eigenvalue weighted by Gasteiger charge is -2.10. The summed E-state index contributed by atoms with van der Waals surface area (Å²) in [5.74, 6) is -0.693. The van der Waals surface area contributed by atoms with Gasteiger partial charge in [0.15, 0.2) is 5.82 Å². The highest BCUT2D eigenvalue weighted by Crippen LogP contribution is 2.33. The monoisotopic (exact) mass is 402 g/mol. The van der Waals surface area contributed by atoms with Crippen LogP contribution in [0, 0.1) is 11.6 Å². The lowest BCUT2D eigenvalue weighted by molar-refractivity contribution is 0.585. The maximum atomic E-state index is 14.3. The van der Waals surface area contributed by atoms with Crippen molar-refractivity contribution < 1.29 is 8.78 Å². The summed E-state index contributed by atoms with van der Waals surface area (Å²) in [6.07, 6.45) is 3.39. The third kappa shape index (κ3) is 3.25. The first kappa shape index (κ1) is 17.5. The summed E-state index contributed by atoms with van der Waals surface area (Å²) >= 11 is 1.46. The summed E-state index contributed by atoms with van der Waals surface area (Å²) in [4.78, 5) is 17.9. The van der Waals surface area contributed by atoms with Crippen LogP contribution in [-0.4, -0.2) is 19.9 Å². The molecule has 0 aliphatic carbocycles. The molecule has 0 unspecified atom stereocenters. The Balaban J connectivity index is 1.76. The number of hydrogen-bond acceptors (Lipinski definition) is 5. The molecule has 0 amide bonds. The Morgan fingerprint density at radius 1 is 0.897 bits per heavy atom. The van der Waals surface area contributed by atoms with E-state index in [4.69, 9.17) is 4.98 Å². The van der Waals surface area contributed by atoms with Gasteiger partial charge in [-0.1, -0.05) is 6.07 Å². The predicted molar refractivity (Wildman–Crippen MR) is 109 cm³/mol. The molecule has 0 aliphatic heterocycles. The second kappa shape index (κ2) is 7.10. The first-order valence-corrected chi connectivity index (χ1v) is 9.69. The normalized spacial score (nSPS) is 11.1. The molecule has 0 fully saturated rings. The third-order valence-electron chi connectivity index (χ3n) is 4.53. The number of halogens is 2. The molecule has 2 aromatic carbocycles. The van der Waals surface area contributed by atoms with Crippen molar-refractivity contribution in [2.45, 2.75) is 0 Å². The summed E-state index contributed by atoms with van der Waals surface area (Å²) in [6.45, 7) is 0. The molecule has 140 valence electrons. The lowest BCUT2D eigenvalue weighted by Crippen LogP contribution is -1.96. The van der Waals surface area contributed by atoms with E-state index >= 15 is 0 Å². The molecule has 0 bridgehead atoms. The molecule has 0 saturated heterocycles. The number of hydrogen-bond donors (Lipinski definition) is 0. The van der Waals surface area contributed by atoms with Gasteiger partial charge < -0.3 is 0 Å². The largest absolute Gasteiger partial charge is 0.264 e. The molecule has 4 nitrogen and oxygen atoms in total. The van der Waals surface area contributed by atoms with E-state index in [0.29, 0.717) is 33.9 Å². The highest BCUT2D eigenvalue weighted by atomic mass is 32.1. The van der Waals surface area contributed by atoms with Gasteiger partial charge in [0.25, 0.3) is 0 Å². The molecule has 0 saturated carbocycles. The zero-order valence-electron chi connectivity index (χ0n) is 14.9. The fourth-order valence-corrected chi connectivity index (χ4v) is 3.71. The van der Waals surface area contributed by atoms with Crippen LogP contribution < -0.4 is 0 Å². The molecule has 3 aromatic heterocycles. The van der Waals surface area contributed by atoms with Crippen molar-refractivity contribution in [2.75, 3.05) is 0 Å². The molecule has 7 heteroatoms. The van der Waals surface area contributed by atoms with Crippen molar-refractivity contribution in [3.8, 4) is 33.9 Å². The molecule has 3 heterocycles. The Kier molecular flexibility index (Phi) is 4.29. The number of thiazole rings is 1. The molecule has 0 radical (unpaired) electrons. The van der Waals surface area contributed by atoms with Gasteiger partial charge in [-0.2, -0.15) is 0 Å². The van der Waals surface area contributed by atoms with Crippen molar-refractivity contribution in [1.82, 2.24) is 19.9 Å². The summed E-state index contributed by atoms with van der Waals surface area (Å²) < 4.78 is 27.6. The second-order valence-corrected chi connectivity index (χ2v) is 7.09. The van der Waals surface area contributed by atoms with E-state index in [9.17, 15) is 8.78 Å². The Morgan fingerprint density at radius 2 is 1.83 bits per heavy atom. The van der Waals surface area contributed by atoms with E-state index in [1.807, 2.05) is 29.6 Å². The van der Waals surface area contributed by atoms with E-state index < -0.39 is 11.6 Å². The van der Waals surface area contributed by atoms with Crippen LogP contribution in [0.25, 0.3) is 44.8 Å². The van der Waals surface area contributed by atoms with E-state index in [2.05, 4.69) is 15.0 Å². The highest BCUT2D eigenvalue weighted by Gasteiger charge is 2.15. The van der Waals surface area contributed by atoms with E-state index in [1.165, 1.54) is 23.5 Å². The molecule has 0 atom stereocenters. The summed E-state index contributed by atoms with van der Waals surface area (Å²) in [5, 5.41) is 2.64. The van der Waals surface area contributed by atoms with Gasteiger partial charge >= 0.3 is 0 Å². The van der Waals surface area contributed by atoms with E-state index in [0.717, 1.165) is 17.0 Å².